The number of aromatic nitrogens is 2. The van der Waals surface area contributed by atoms with Gasteiger partial charge in [0.15, 0.2) is 11.5 Å². The van der Waals surface area contributed by atoms with Gasteiger partial charge in [0.2, 0.25) is 0 Å². The number of nitrogens with one attached hydrogen (secondary N) is 1. The number of hydrogen-bond donors (Lipinski definition) is 2. The van der Waals surface area contributed by atoms with E-state index < -0.39 is 0 Å². The van der Waals surface area contributed by atoms with Crippen molar-refractivity contribution in [2.24, 2.45) is 0 Å². The third-order valence-corrected chi connectivity index (χ3v) is 3.01. The van der Waals surface area contributed by atoms with Crippen LogP contribution in [0.25, 0.3) is 10.9 Å². The summed E-state index contributed by atoms with van der Waals surface area (Å²) in [5.41, 5.74) is 0.752. The van der Waals surface area contributed by atoms with E-state index in [9.17, 15) is 5.11 Å². The highest BCUT2D eigenvalue weighted by atomic mass is 16.5. The van der Waals surface area contributed by atoms with Gasteiger partial charge in [0.1, 0.15) is 12.1 Å². The second kappa shape index (κ2) is 6.22. The second-order valence-corrected chi connectivity index (χ2v) is 4.40. The third-order valence-electron chi connectivity index (χ3n) is 3.01. The minimum atomic E-state index is 0.0985. The number of phenolic OH excluding ortho intramolecular Hbond substituents is 1. The maximum Gasteiger partial charge on any atom is 0.162 e. The van der Waals surface area contributed by atoms with E-state index >= 15 is 0 Å². The number of ether oxygens (including phenoxy) is 1. The van der Waals surface area contributed by atoms with Gasteiger partial charge in [-0.2, -0.15) is 0 Å². The monoisotopic (exact) mass is 261 g/mol. The molecule has 5 nitrogen and oxygen atoms in total. The van der Waals surface area contributed by atoms with E-state index in [4.69, 9.17) is 4.74 Å². The van der Waals surface area contributed by atoms with Crippen LogP contribution < -0.4 is 10.1 Å². The van der Waals surface area contributed by atoms with Crippen molar-refractivity contribution in [1.29, 1.82) is 0 Å². The Balaban J connectivity index is 2.26. The molecule has 0 unspecified atom stereocenters. The largest absolute Gasteiger partial charge is 0.504 e. The summed E-state index contributed by atoms with van der Waals surface area (Å²) in [6, 6.07) is 3.35. The van der Waals surface area contributed by atoms with Gasteiger partial charge in [-0.15, -0.1) is 0 Å². The number of methoxy groups -OCH3 is 1. The highest BCUT2D eigenvalue weighted by Gasteiger charge is 2.09. The van der Waals surface area contributed by atoms with E-state index in [1.54, 1.807) is 12.1 Å². The second-order valence-electron chi connectivity index (χ2n) is 4.40. The van der Waals surface area contributed by atoms with Crippen LogP contribution in [0.3, 0.4) is 0 Å². The number of benzene rings is 1. The zero-order chi connectivity index (χ0) is 13.7. The molecule has 1 aromatic heterocycles. The average Bonchev–Trinajstić information content (AvgIpc) is 2.43. The van der Waals surface area contributed by atoms with Crippen LogP contribution in [0.4, 0.5) is 5.82 Å². The molecule has 0 bridgehead atoms. The summed E-state index contributed by atoms with van der Waals surface area (Å²) in [5.74, 6) is 1.27. The average molecular weight is 261 g/mol. The van der Waals surface area contributed by atoms with Crippen molar-refractivity contribution < 1.29 is 9.84 Å². The van der Waals surface area contributed by atoms with Crippen LogP contribution in [0, 0.1) is 0 Å². The number of rotatable bonds is 6. The Morgan fingerprint density at radius 3 is 2.84 bits per heavy atom. The molecule has 1 heterocycles. The summed E-state index contributed by atoms with van der Waals surface area (Å²) in [7, 11) is 1.52. The zero-order valence-electron chi connectivity index (χ0n) is 11.3. The van der Waals surface area contributed by atoms with Gasteiger partial charge in [0, 0.05) is 18.0 Å². The molecule has 0 saturated heterocycles. The van der Waals surface area contributed by atoms with Gasteiger partial charge < -0.3 is 15.2 Å². The molecule has 19 heavy (non-hydrogen) atoms. The number of anilines is 1. The Morgan fingerprint density at radius 2 is 2.11 bits per heavy atom. The van der Waals surface area contributed by atoms with E-state index in [-0.39, 0.29) is 5.75 Å². The molecule has 0 aliphatic rings. The van der Waals surface area contributed by atoms with Crippen molar-refractivity contribution in [2.75, 3.05) is 19.0 Å². The van der Waals surface area contributed by atoms with Crippen LogP contribution in [0.5, 0.6) is 11.5 Å². The maximum atomic E-state index is 9.83. The van der Waals surface area contributed by atoms with Crippen molar-refractivity contribution in [3.8, 4) is 11.5 Å². The molecular weight excluding hydrogens is 242 g/mol. The molecule has 2 rings (SSSR count). The Bertz CT molecular complexity index is 558. The highest BCUT2D eigenvalue weighted by Crippen LogP contribution is 2.32. The van der Waals surface area contributed by atoms with E-state index in [0.29, 0.717) is 5.75 Å². The topological polar surface area (TPSA) is 67.3 Å². The molecule has 0 aliphatic carbocycles. The summed E-state index contributed by atoms with van der Waals surface area (Å²) in [5, 5.41) is 13.9. The molecule has 1 aromatic carbocycles. The van der Waals surface area contributed by atoms with Crippen LogP contribution in [0.1, 0.15) is 26.2 Å². The fourth-order valence-electron chi connectivity index (χ4n) is 1.96. The van der Waals surface area contributed by atoms with Crippen LogP contribution in [0.2, 0.25) is 0 Å². The van der Waals surface area contributed by atoms with Gasteiger partial charge in [-0.3, -0.25) is 0 Å². The molecule has 102 valence electrons. The summed E-state index contributed by atoms with van der Waals surface area (Å²) in [4.78, 5) is 8.42. The van der Waals surface area contributed by atoms with Crippen molar-refractivity contribution >= 4 is 16.7 Å². The molecule has 0 radical (unpaired) electrons. The predicted octanol–water partition coefficient (Wildman–Crippen LogP) is 2.95. The van der Waals surface area contributed by atoms with E-state index in [2.05, 4.69) is 22.2 Å². The zero-order valence-corrected chi connectivity index (χ0v) is 11.3. The highest BCUT2D eigenvalue weighted by molar-refractivity contribution is 5.91. The number of aromatic hydroxyl groups is 1. The minimum Gasteiger partial charge on any atom is -0.504 e. The predicted molar refractivity (Wildman–Crippen MR) is 75.8 cm³/mol. The Hall–Kier alpha value is -2.04. The lowest BCUT2D eigenvalue weighted by Crippen LogP contribution is -2.04. The van der Waals surface area contributed by atoms with Gasteiger partial charge >= 0.3 is 0 Å². The maximum absolute atomic E-state index is 9.83. The Morgan fingerprint density at radius 1 is 1.26 bits per heavy atom. The normalized spacial score (nSPS) is 10.6. The van der Waals surface area contributed by atoms with E-state index in [0.717, 1.165) is 29.7 Å². The number of phenols is 1. The lowest BCUT2D eigenvalue weighted by atomic mass is 10.2. The van der Waals surface area contributed by atoms with Crippen molar-refractivity contribution in [2.45, 2.75) is 26.2 Å². The fraction of sp³-hybridized carbons (Fsp3) is 0.429. The van der Waals surface area contributed by atoms with Crippen molar-refractivity contribution in [3.05, 3.63) is 18.5 Å². The van der Waals surface area contributed by atoms with Gasteiger partial charge in [0.25, 0.3) is 0 Å². The van der Waals surface area contributed by atoms with E-state index in [1.807, 2.05) is 0 Å². The van der Waals surface area contributed by atoms with Crippen LogP contribution in [-0.4, -0.2) is 28.7 Å². The Kier molecular flexibility index (Phi) is 4.39. The van der Waals surface area contributed by atoms with Gasteiger partial charge in [-0.05, 0) is 12.5 Å². The first kappa shape index (κ1) is 13.4. The molecule has 0 atom stereocenters. The molecule has 0 spiro atoms. The number of unbranched alkanes of at least 4 members (excludes halogenated alkanes) is 2. The molecule has 0 aliphatic heterocycles. The van der Waals surface area contributed by atoms with Gasteiger partial charge in [-0.1, -0.05) is 19.8 Å². The molecule has 0 amide bonds. The first-order chi connectivity index (χ1) is 9.26. The standard InChI is InChI=1S/C14H19N3O2/c1-3-4-5-6-15-14-10-7-12(18)13(19-2)8-11(10)16-9-17-14/h7-9,18H,3-6H2,1-2H3,(H,15,16,17). The number of hydrogen-bond acceptors (Lipinski definition) is 5. The molecule has 0 fully saturated rings. The lowest BCUT2D eigenvalue weighted by molar-refractivity contribution is 0.374. The molecule has 2 aromatic rings. The summed E-state index contributed by atoms with van der Waals surface area (Å²) < 4.78 is 5.08. The fourth-order valence-corrected chi connectivity index (χ4v) is 1.96. The molecule has 0 saturated carbocycles. The molecule has 5 heteroatoms. The number of nitrogens with zero attached hydrogens (tertiary/aromatic N) is 2. The van der Waals surface area contributed by atoms with Crippen LogP contribution in [-0.2, 0) is 0 Å². The van der Waals surface area contributed by atoms with Gasteiger partial charge in [-0.25, -0.2) is 9.97 Å². The smallest absolute Gasteiger partial charge is 0.162 e. The van der Waals surface area contributed by atoms with Gasteiger partial charge in [0.05, 0.1) is 12.6 Å². The van der Waals surface area contributed by atoms with Crippen LogP contribution in [0.15, 0.2) is 18.5 Å². The summed E-state index contributed by atoms with van der Waals surface area (Å²) in [6.07, 6.45) is 4.99. The number of fused-ring (bicyclic) bond motifs is 1. The summed E-state index contributed by atoms with van der Waals surface area (Å²) in [6.45, 7) is 3.04. The third kappa shape index (κ3) is 3.05. The lowest BCUT2D eigenvalue weighted by Gasteiger charge is -2.10. The van der Waals surface area contributed by atoms with Crippen LogP contribution >= 0.6 is 0 Å². The SMILES string of the molecule is CCCCCNc1ncnc2cc(OC)c(O)cc12. The quantitative estimate of drug-likeness (QED) is 0.782. The first-order valence-corrected chi connectivity index (χ1v) is 6.51. The van der Waals surface area contributed by atoms with E-state index in [1.165, 1.54) is 26.3 Å². The summed E-state index contributed by atoms with van der Waals surface area (Å²) >= 11 is 0. The minimum absolute atomic E-state index is 0.0985. The Labute approximate surface area is 112 Å². The molecule has 2 N–H and O–H groups in total. The first-order valence-electron chi connectivity index (χ1n) is 6.51. The van der Waals surface area contributed by atoms with Crippen molar-refractivity contribution in [1.82, 2.24) is 9.97 Å². The molecular formula is C14H19N3O2. The van der Waals surface area contributed by atoms with Crippen molar-refractivity contribution in [3.63, 3.8) is 0 Å².